The van der Waals surface area contributed by atoms with Crippen LogP contribution in [0.2, 0.25) is 0 Å². The summed E-state index contributed by atoms with van der Waals surface area (Å²) in [7, 11) is 0. The summed E-state index contributed by atoms with van der Waals surface area (Å²) >= 11 is 0. The van der Waals surface area contributed by atoms with Gasteiger partial charge in [0.25, 0.3) is 0 Å². The van der Waals surface area contributed by atoms with E-state index in [0.717, 1.165) is 73.4 Å². The van der Waals surface area contributed by atoms with Crippen LogP contribution >= 0.6 is 0 Å². The van der Waals surface area contributed by atoms with Gasteiger partial charge in [-0.25, -0.2) is 0 Å². The number of rotatable bonds is 12. The summed E-state index contributed by atoms with van der Waals surface area (Å²) in [4.78, 5) is 2.39. The van der Waals surface area contributed by atoms with Crippen LogP contribution in [-0.4, -0.2) is 44.2 Å². The molecule has 0 atom stereocenters. The summed E-state index contributed by atoms with van der Waals surface area (Å²) in [5.74, 6) is 0. The van der Waals surface area contributed by atoms with Gasteiger partial charge in [-0.1, -0.05) is 36.4 Å². The zero-order chi connectivity index (χ0) is 21.9. The lowest BCUT2D eigenvalue weighted by atomic mass is 10.2. The molecule has 0 saturated heterocycles. The molecule has 3 aromatic carbocycles. The fourth-order valence-electron chi connectivity index (χ4n) is 3.36. The van der Waals surface area contributed by atoms with Crippen LogP contribution in [0.15, 0.2) is 72.8 Å². The van der Waals surface area contributed by atoms with Crippen molar-refractivity contribution in [2.75, 3.05) is 72.4 Å². The second-order valence-corrected chi connectivity index (χ2v) is 7.38. The van der Waals surface area contributed by atoms with E-state index in [9.17, 15) is 0 Å². The van der Waals surface area contributed by atoms with E-state index in [1.807, 2.05) is 72.8 Å². The largest absolute Gasteiger partial charge is 0.397 e. The molecule has 0 aliphatic carbocycles. The van der Waals surface area contributed by atoms with Gasteiger partial charge in [0.15, 0.2) is 0 Å². The molecule has 3 aromatic rings. The third kappa shape index (κ3) is 7.01. The predicted molar refractivity (Wildman–Crippen MR) is 134 cm³/mol. The van der Waals surface area contributed by atoms with Gasteiger partial charge >= 0.3 is 0 Å². The Morgan fingerprint density at radius 3 is 1.06 bits per heavy atom. The summed E-state index contributed by atoms with van der Waals surface area (Å²) in [6.45, 7) is 5.05. The molecule has 0 saturated carbocycles. The maximum absolute atomic E-state index is 6.04. The lowest BCUT2D eigenvalue weighted by Crippen LogP contribution is -2.36. The maximum atomic E-state index is 6.04. The van der Waals surface area contributed by atoms with Crippen molar-refractivity contribution in [1.82, 2.24) is 4.90 Å². The minimum absolute atomic E-state index is 0.761. The minimum Gasteiger partial charge on any atom is -0.397 e. The summed E-state index contributed by atoms with van der Waals surface area (Å²) in [6, 6.07) is 23.5. The highest BCUT2D eigenvalue weighted by Gasteiger charge is 2.07. The van der Waals surface area contributed by atoms with E-state index in [-0.39, 0.29) is 0 Å². The number of nitrogen functional groups attached to an aromatic ring is 3. The van der Waals surface area contributed by atoms with E-state index in [0.29, 0.717) is 0 Å². The normalized spacial score (nSPS) is 10.7. The molecule has 7 heteroatoms. The minimum atomic E-state index is 0.761. The van der Waals surface area contributed by atoms with E-state index in [2.05, 4.69) is 20.9 Å². The Balaban J connectivity index is 1.51. The molecule has 0 heterocycles. The molecule has 0 aliphatic heterocycles. The van der Waals surface area contributed by atoms with Gasteiger partial charge in [-0.15, -0.1) is 0 Å². The summed E-state index contributed by atoms with van der Waals surface area (Å²) < 4.78 is 0. The number of anilines is 6. The fourth-order valence-corrected chi connectivity index (χ4v) is 3.36. The zero-order valence-electron chi connectivity index (χ0n) is 17.9. The number of benzene rings is 3. The Labute approximate surface area is 184 Å². The van der Waals surface area contributed by atoms with Gasteiger partial charge in [0.05, 0.1) is 34.1 Å². The molecule has 0 amide bonds. The van der Waals surface area contributed by atoms with Gasteiger partial charge in [0.2, 0.25) is 0 Å². The quantitative estimate of drug-likeness (QED) is 0.249. The Morgan fingerprint density at radius 2 is 0.774 bits per heavy atom. The van der Waals surface area contributed by atoms with E-state index < -0.39 is 0 Å². The van der Waals surface area contributed by atoms with Crippen molar-refractivity contribution in [2.45, 2.75) is 0 Å². The number of para-hydroxylation sites is 6. The SMILES string of the molecule is Nc1ccccc1NCCN(CCNc1ccccc1N)CCNc1ccccc1N. The van der Waals surface area contributed by atoms with Crippen molar-refractivity contribution in [3.63, 3.8) is 0 Å². The molecular formula is C24H33N7. The smallest absolute Gasteiger partial charge is 0.0574 e. The number of nitrogens with one attached hydrogen (secondary N) is 3. The van der Waals surface area contributed by atoms with Crippen LogP contribution in [0.4, 0.5) is 34.1 Å². The topological polar surface area (TPSA) is 117 Å². The van der Waals surface area contributed by atoms with Gasteiger partial charge in [0, 0.05) is 39.3 Å². The van der Waals surface area contributed by atoms with Crippen LogP contribution in [0.3, 0.4) is 0 Å². The molecule has 0 unspecified atom stereocenters. The molecule has 3 rings (SSSR count). The first-order valence-electron chi connectivity index (χ1n) is 10.6. The molecule has 0 spiro atoms. The van der Waals surface area contributed by atoms with Crippen LogP contribution in [0.1, 0.15) is 0 Å². The lowest BCUT2D eigenvalue weighted by Gasteiger charge is -2.24. The zero-order valence-corrected chi connectivity index (χ0v) is 17.9. The van der Waals surface area contributed by atoms with Crippen LogP contribution in [0.25, 0.3) is 0 Å². The van der Waals surface area contributed by atoms with E-state index >= 15 is 0 Å². The van der Waals surface area contributed by atoms with Crippen LogP contribution in [-0.2, 0) is 0 Å². The van der Waals surface area contributed by atoms with Crippen LogP contribution in [0.5, 0.6) is 0 Å². The van der Waals surface area contributed by atoms with Crippen molar-refractivity contribution in [2.24, 2.45) is 0 Å². The average molecular weight is 420 g/mol. The number of hydrogen-bond donors (Lipinski definition) is 6. The van der Waals surface area contributed by atoms with Gasteiger partial charge in [-0.05, 0) is 36.4 Å². The first-order valence-corrected chi connectivity index (χ1v) is 10.6. The highest BCUT2D eigenvalue weighted by molar-refractivity contribution is 5.66. The molecule has 0 aliphatic rings. The first kappa shape index (κ1) is 22.1. The monoisotopic (exact) mass is 419 g/mol. The summed E-state index contributed by atoms with van der Waals surface area (Å²) in [6.07, 6.45) is 0. The third-order valence-electron chi connectivity index (χ3n) is 5.11. The number of hydrogen-bond acceptors (Lipinski definition) is 7. The van der Waals surface area contributed by atoms with Gasteiger partial charge < -0.3 is 33.2 Å². The second-order valence-electron chi connectivity index (χ2n) is 7.38. The average Bonchev–Trinajstić information content (AvgIpc) is 2.77. The van der Waals surface area contributed by atoms with Gasteiger partial charge in [0.1, 0.15) is 0 Å². The Morgan fingerprint density at radius 1 is 0.484 bits per heavy atom. The van der Waals surface area contributed by atoms with Gasteiger partial charge in [-0.2, -0.15) is 0 Å². The molecule has 164 valence electrons. The Hall–Kier alpha value is -3.58. The van der Waals surface area contributed by atoms with Crippen molar-refractivity contribution in [3.05, 3.63) is 72.8 Å². The van der Waals surface area contributed by atoms with Crippen LogP contribution in [0, 0.1) is 0 Å². The number of nitrogens with zero attached hydrogens (tertiary/aromatic N) is 1. The molecule has 0 radical (unpaired) electrons. The second kappa shape index (κ2) is 11.6. The van der Waals surface area contributed by atoms with Gasteiger partial charge in [-0.3, -0.25) is 4.90 Å². The van der Waals surface area contributed by atoms with E-state index in [1.165, 1.54) is 0 Å². The highest BCUT2D eigenvalue weighted by atomic mass is 15.2. The molecule has 0 fully saturated rings. The molecule has 31 heavy (non-hydrogen) atoms. The summed E-state index contributed by atoms with van der Waals surface area (Å²) in [5.41, 5.74) is 23.3. The van der Waals surface area contributed by atoms with E-state index in [1.54, 1.807) is 0 Å². The first-order chi connectivity index (χ1) is 15.1. The third-order valence-corrected chi connectivity index (χ3v) is 5.11. The molecule has 0 aromatic heterocycles. The van der Waals surface area contributed by atoms with Crippen molar-refractivity contribution in [3.8, 4) is 0 Å². The molecule has 7 nitrogen and oxygen atoms in total. The van der Waals surface area contributed by atoms with Crippen molar-refractivity contribution in [1.29, 1.82) is 0 Å². The Bertz CT molecular complexity index is 822. The lowest BCUT2D eigenvalue weighted by molar-refractivity contribution is 0.306. The van der Waals surface area contributed by atoms with Crippen molar-refractivity contribution >= 4 is 34.1 Å². The standard InChI is InChI=1S/C24H33N7/c25-19-7-1-4-10-22(19)28-13-16-31(17-14-29-23-11-5-2-8-20(23)26)18-15-30-24-12-6-3-9-21(24)27/h1-12,28-30H,13-18,25-27H2. The van der Waals surface area contributed by atoms with Crippen LogP contribution < -0.4 is 33.2 Å². The molecule has 9 N–H and O–H groups in total. The highest BCUT2D eigenvalue weighted by Crippen LogP contribution is 2.18. The number of nitrogens with two attached hydrogens (primary N) is 3. The van der Waals surface area contributed by atoms with Crippen molar-refractivity contribution < 1.29 is 0 Å². The molecular weight excluding hydrogens is 386 g/mol. The Kier molecular flexibility index (Phi) is 8.25. The van der Waals surface area contributed by atoms with E-state index in [4.69, 9.17) is 17.2 Å². The predicted octanol–water partition coefficient (Wildman–Crippen LogP) is 3.37. The molecule has 0 bridgehead atoms. The maximum Gasteiger partial charge on any atom is 0.0574 e. The summed E-state index contributed by atoms with van der Waals surface area (Å²) in [5, 5.41) is 10.3. The fraction of sp³-hybridized carbons (Fsp3) is 0.250.